The van der Waals surface area contributed by atoms with Gasteiger partial charge in [0, 0.05) is 5.41 Å². The van der Waals surface area contributed by atoms with Crippen molar-refractivity contribution in [3.8, 4) is 0 Å². The number of ketones is 1. The highest BCUT2D eigenvalue weighted by Gasteiger charge is 2.58. The van der Waals surface area contributed by atoms with Gasteiger partial charge in [-0.1, -0.05) is 13.0 Å². The molecule has 0 amide bonds. The summed E-state index contributed by atoms with van der Waals surface area (Å²) in [5, 5.41) is 0. The Morgan fingerprint density at radius 3 is 2.47 bits per heavy atom. The number of Topliss-reactive ketones (excluding diaryl/α,β-unsaturated/α-hetero) is 1. The van der Waals surface area contributed by atoms with Crippen molar-refractivity contribution in [1.29, 1.82) is 0 Å². The lowest BCUT2D eigenvalue weighted by Gasteiger charge is -2.60. The predicted octanol–water partition coefficient (Wildman–Crippen LogP) is 4.66. The first-order chi connectivity index (χ1) is 9.09. The van der Waals surface area contributed by atoms with Crippen molar-refractivity contribution in [2.45, 2.75) is 71.1 Å². The third-order valence-electron chi connectivity index (χ3n) is 6.42. The van der Waals surface area contributed by atoms with Crippen molar-refractivity contribution >= 4 is 5.78 Å². The van der Waals surface area contributed by atoms with Crippen LogP contribution in [0.3, 0.4) is 0 Å². The fourth-order valence-corrected chi connectivity index (χ4v) is 6.37. The molecule has 0 saturated heterocycles. The van der Waals surface area contributed by atoms with Crippen LogP contribution < -0.4 is 0 Å². The second-order valence-electron chi connectivity index (χ2n) is 8.36. The Balaban J connectivity index is 1.66. The molecule has 0 N–H and O–H groups in total. The Hall–Kier alpha value is -0.590. The van der Waals surface area contributed by atoms with Gasteiger partial charge in [0.25, 0.3) is 0 Å². The average molecular weight is 258 g/mol. The van der Waals surface area contributed by atoms with Gasteiger partial charge in [0.1, 0.15) is 0 Å². The Morgan fingerprint density at radius 2 is 1.89 bits per heavy atom. The van der Waals surface area contributed by atoms with E-state index in [0.29, 0.717) is 11.2 Å². The van der Waals surface area contributed by atoms with Gasteiger partial charge in [-0.2, -0.15) is 0 Å². The van der Waals surface area contributed by atoms with Crippen LogP contribution in [0, 0.1) is 22.7 Å². The van der Waals surface area contributed by atoms with E-state index in [4.69, 9.17) is 0 Å². The van der Waals surface area contributed by atoms with Crippen LogP contribution in [-0.4, -0.2) is 5.78 Å². The third kappa shape index (κ3) is 1.84. The lowest BCUT2D eigenvalue weighted by Crippen LogP contribution is -2.54. The average Bonchev–Trinajstić information content (AvgIpc) is 2.36. The largest absolute Gasteiger partial charge is 0.294 e. The molecule has 5 aliphatic carbocycles. The zero-order chi connectivity index (χ0) is 13.1. The fourth-order valence-electron chi connectivity index (χ4n) is 6.37. The van der Waals surface area contributed by atoms with Gasteiger partial charge in [0.05, 0.1) is 0 Å². The summed E-state index contributed by atoms with van der Waals surface area (Å²) in [6, 6.07) is 0. The molecule has 2 atom stereocenters. The van der Waals surface area contributed by atoms with Gasteiger partial charge in [-0.05, 0) is 87.0 Å². The third-order valence-corrected chi connectivity index (χ3v) is 6.42. The minimum Gasteiger partial charge on any atom is -0.294 e. The summed E-state index contributed by atoms with van der Waals surface area (Å²) in [6.07, 6.45) is 14.8. The highest BCUT2D eigenvalue weighted by molar-refractivity contribution is 6.00. The van der Waals surface area contributed by atoms with E-state index in [9.17, 15) is 4.79 Å². The lowest BCUT2D eigenvalue weighted by atomic mass is 9.43. The highest BCUT2D eigenvalue weighted by Crippen LogP contribution is 2.65. The van der Waals surface area contributed by atoms with Crippen LogP contribution in [0.5, 0.6) is 0 Å². The molecule has 4 bridgehead atoms. The van der Waals surface area contributed by atoms with E-state index in [0.717, 1.165) is 24.7 Å². The maximum atomic E-state index is 13.1. The number of allylic oxidation sites excluding steroid dienone is 2. The van der Waals surface area contributed by atoms with E-state index in [2.05, 4.69) is 13.0 Å². The van der Waals surface area contributed by atoms with Crippen molar-refractivity contribution in [1.82, 2.24) is 0 Å². The number of carbonyl (C=O) groups is 1. The predicted molar refractivity (Wildman–Crippen MR) is 76.8 cm³/mol. The molecule has 0 aromatic carbocycles. The van der Waals surface area contributed by atoms with Crippen molar-refractivity contribution in [3.05, 3.63) is 11.6 Å². The van der Waals surface area contributed by atoms with Gasteiger partial charge >= 0.3 is 0 Å². The zero-order valence-corrected chi connectivity index (χ0v) is 12.2. The topological polar surface area (TPSA) is 17.1 Å². The normalized spacial score (nSPS) is 48.2. The number of carbonyl (C=O) groups excluding carboxylic acids is 1. The molecule has 2 unspecified atom stereocenters. The Morgan fingerprint density at radius 1 is 1.16 bits per heavy atom. The second-order valence-corrected chi connectivity index (χ2v) is 8.36. The minimum atomic E-state index is 0.0714. The molecular weight excluding hydrogens is 232 g/mol. The molecule has 0 radical (unpaired) electrons. The van der Waals surface area contributed by atoms with Gasteiger partial charge in [0.2, 0.25) is 0 Å². The van der Waals surface area contributed by atoms with E-state index in [1.54, 1.807) is 0 Å². The van der Waals surface area contributed by atoms with Crippen LogP contribution in [-0.2, 0) is 4.79 Å². The minimum absolute atomic E-state index is 0.0714. The van der Waals surface area contributed by atoms with Crippen molar-refractivity contribution in [2.75, 3.05) is 0 Å². The van der Waals surface area contributed by atoms with Crippen molar-refractivity contribution < 1.29 is 4.79 Å². The zero-order valence-electron chi connectivity index (χ0n) is 12.2. The molecule has 1 heteroatoms. The van der Waals surface area contributed by atoms with E-state index < -0.39 is 0 Å². The van der Waals surface area contributed by atoms with Gasteiger partial charge in [-0.3, -0.25) is 4.79 Å². The molecule has 0 spiro atoms. The summed E-state index contributed by atoms with van der Waals surface area (Å²) >= 11 is 0. The van der Waals surface area contributed by atoms with Crippen LogP contribution in [0.25, 0.3) is 0 Å². The molecule has 1 nitrogen and oxygen atoms in total. The molecule has 19 heavy (non-hydrogen) atoms. The Bertz CT molecular complexity index is 431. The number of hydrogen-bond acceptors (Lipinski definition) is 1. The smallest absolute Gasteiger partial charge is 0.164 e. The van der Waals surface area contributed by atoms with Gasteiger partial charge in [-0.25, -0.2) is 0 Å². The van der Waals surface area contributed by atoms with Gasteiger partial charge in [-0.15, -0.1) is 0 Å². The Kier molecular flexibility index (Phi) is 2.54. The SMILES string of the molecule is CC12CC3CC(C1)CC(C(=O)C1=CCCCC1)(C3)C2. The van der Waals surface area contributed by atoms with Crippen LogP contribution in [0.4, 0.5) is 0 Å². The first kappa shape index (κ1) is 12.2. The summed E-state index contributed by atoms with van der Waals surface area (Å²) in [6.45, 7) is 2.46. The van der Waals surface area contributed by atoms with Crippen LogP contribution in [0.1, 0.15) is 71.1 Å². The van der Waals surface area contributed by atoms with E-state index in [1.165, 1.54) is 56.9 Å². The van der Waals surface area contributed by atoms with Crippen LogP contribution in [0.2, 0.25) is 0 Å². The molecule has 4 saturated carbocycles. The maximum absolute atomic E-state index is 13.1. The molecule has 4 fully saturated rings. The first-order valence-electron chi connectivity index (χ1n) is 8.33. The fraction of sp³-hybridized carbons (Fsp3) is 0.833. The summed E-state index contributed by atoms with van der Waals surface area (Å²) in [7, 11) is 0. The standard InChI is InChI=1S/C18H26O/c1-17-8-13-7-14(9-17)11-18(10-13,12-17)16(19)15-5-3-2-4-6-15/h5,13-14H,2-4,6-12H2,1H3. The van der Waals surface area contributed by atoms with Crippen molar-refractivity contribution in [2.24, 2.45) is 22.7 Å². The van der Waals surface area contributed by atoms with Gasteiger partial charge in [0.15, 0.2) is 5.78 Å². The van der Waals surface area contributed by atoms with Crippen molar-refractivity contribution in [3.63, 3.8) is 0 Å². The summed E-state index contributed by atoms with van der Waals surface area (Å²) in [4.78, 5) is 13.1. The molecule has 0 aliphatic heterocycles. The lowest BCUT2D eigenvalue weighted by molar-refractivity contribution is -0.149. The molecule has 0 aromatic heterocycles. The van der Waals surface area contributed by atoms with Crippen LogP contribution in [0.15, 0.2) is 11.6 Å². The number of hydrogen-bond donors (Lipinski definition) is 0. The van der Waals surface area contributed by atoms with E-state index in [-0.39, 0.29) is 5.41 Å². The maximum Gasteiger partial charge on any atom is 0.164 e. The summed E-state index contributed by atoms with van der Waals surface area (Å²) in [5.41, 5.74) is 1.77. The summed E-state index contributed by atoms with van der Waals surface area (Å²) in [5.74, 6) is 2.30. The summed E-state index contributed by atoms with van der Waals surface area (Å²) < 4.78 is 0. The van der Waals surface area contributed by atoms with E-state index >= 15 is 0 Å². The second kappa shape index (κ2) is 3.96. The molecule has 5 aliphatic rings. The molecule has 0 aromatic rings. The molecular formula is C18H26O. The molecule has 0 heterocycles. The first-order valence-corrected chi connectivity index (χ1v) is 8.33. The quantitative estimate of drug-likeness (QED) is 0.704. The molecule has 104 valence electrons. The number of rotatable bonds is 2. The Labute approximate surface area is 116 Å². The van der Waals surface area contributed by atoms with Crippen LogP contribution >= 0.6 is 0 Å². The van der Waals surface area contributed by atoms with Gasteiger partial charge < -0.3 is 0 Å². The molecule has 5 rings (SSSR count). The highest BCUT2D eigenvalue weighted by atomic mass is 16.1. The monoisotopic (exact) mass is 258 g/mol. The van der Waals surface area contributed by atoms with E-state index in [1.807, 2.05) is 0 Å².